The third kappa shape index (κ3) is 4.40. The van der Waals surface area contributed by atoms with Gasteiger partial charge in [-0.1, -0.05) is 20.8 Å². The van der Waals surface area contributed by atoms with Crippen molar-refractivity contribution < 1.29 is 18.7 Å². The molecule has 0 radical (unpaired) electrons. The monoisotopic (exact) mass is 323 g/mol. The second kappa shape index (κ2) is 6.71. The van der Waals surface area contributed by atoms with Gasteiger partial charge in [-0.2, -0.15) is 0 Å². The Bertz CT molecular complexity index is 592. The van der Waals surface area contributed by atoms with Crippen molar-refractivity contribution in [1.29, 1.82) is 5.39 Å². The highest BCUT2D eigenvalue weighted by molar-refractivity contribution is 6.74. The Labute approximate surface area is 131 Å². The van der Waals surface area contributed by atoms with Crippen LogP contribution in [0.3, 0.4) is 0 Å². The summed E-state index contributed by atoms with van der Waals surface area (Å²) in [5.74, 6) is -0.466. The molecule has 0 aromatic carbocycles. The maximum Gasteiger partial charge on any atom is 0.503 e. The topological polar surface area (TPSA) is 80.0 Å². The van der Waals surface area contributed by atoms with Crippen LogP contribution in [0.1, 0.15) is 26.3 Å². The summed E-state index contributed by atoms with van der Waals surface area (Å²) in [4.78, 5) is 3.03. The maximum absolute atomic E-state index is 9.93. The van der Waals surface area contributed by atoms with Crippen molar-refractivity contribution in [2.24, 2.45) is 0 Å². The molecule has 0 amide bonds. The lowest BCUT2D eigenvalue weighted by molar-refractivity contribution is 0.0785. The van der Waals surface area contributed by atoms with Crippen molar-refractivity contribution in [3.63, 3.8) is 0 Å². The lowest BCUT2D eigenvalue weighted by Crippen LogP contribution is -2.40. The number of nitrogens with zero attached hydrogens (tertiary/aromatic N) is 2. The van der Waals surface area contributed by atoms with Crippen molar-refractivity contribution in [1.82, 2.24) is 0 Å². The molecule has 0 fully saturated rings. The van der Waals surface area contributed by atoms with Crippen molar-refractivity contribution in [2.45, 2.75) is 45.5 Å². The Morgan fingerprint density at radius 1 is 1.45 bits per heavy atom. The van der Waals surface area contributed by atoms with Crippen molar-refractivity contribution in [2.75, 3.05) is 0 Å². The SMILES string of the molecule is C=C(O[Si](C)(C)C(C)(C)C)/C([N+]#N)=C(\O)OCc1ccoc1. The van der Waals surface area contributed by atoms with E-state index in [0.29, 0.717) is 0 Å². The molecule has 0 saturated carbocycles. The lowest BCUT2D eigenvalue weighted by Gasteiger charge is -2.35. The molecule has 22 heavy (non-hydrogen) atoms. The molecule has 0 saturated heterocycles. The molecule has 0 aliphatic carbocycles. The molecule has 1 aromatic rings. The molecular formula is C15H23N2O4Si+. The molecule has 0 atom stereocenters. The van der Waals surface area contributed by atoms with Gasteiger partial charge >= 0.3 is 11.6 Å². The van der Waals surface area contributed by atoms with Gasteiger partial charge in [-0.15, -0.1) is 0 Å². The standard InChI is InChI=1S/C15H22N2O4Si/c1-11(21-22(5,6)15(2,3)4)13(17-16)14(18)20-10-12-7-8-19-9-12/h7-9H,1,10H2,2-6H3/p+1/b14-13-. The Hall–Kier alpha value is -2.20. The van der Waals surface area contributed by atoms with Crippen LogP contribution in [0.25, 0.3) is 4.98 Å². The molecule has 1 rings (SSSR count). The number of ether oxygens (including phenoxy) is 1. The van der Waals surface area contributed by atoms with E-state index in [2.05, 4.69) is 32.3 Å². The number of diazo groups is 1. The molecule has 1 aromatic heterocycles. The number of hydrogen-bond donors (Lipinski definition) is 1. The molecule has 1 heterocycles. The summed E-state index contributed by atoms with van der Waals surface area (Å²) in [7, 11) is -2.16. The zero-order valence-electron chi connectivity index (χ0n) is 13.7. The van der Waals surface area contributed by atoms with E-state index >= 15 is 0 Å². The molecule has 7 heteroatoms. The van der Waals surface area contributed by atoms with E-state index in [4.69, 9.17) is 19.0 Å². The average Bonchev–Trinajstić information content (AvgIpc) is 2.88. The van der Waals surface area contributed by atoms with Gasteiger partial charge in [0, 0.05) is 5.56 Å². The van der Waals surface area contributed by atoms with E-state index < -0.39 is 14.3 Å². The van der Waals surface area contributed by atoms with Gasteiger partial charge < -0.3 is 18.7 Å². The highest BCUT2D eigenvalue weighted by Gasteiger charge is 2.42. The van der Waals surface area contributed by atoms with Gasteiger partial charge in [-0.25, -0.2) is 0 Å². The van der Waals surface area contributed by atoms with Crippen LogP contribution in [0, 0.1) is 5.39 Å². The molecule has 1 N–H and O–H groups in total. The second-order valence-electron chi connectivity index (χ2n) is 6.46. The minimum Gasteiger partial charge on any atom is -0.538 e. The third-order valence-electron chi connectivity index (χ3n) is 3.71. The minimum absolute atomic E-state index is 0.0518. The van der Waals surface area contributed by atoms with Crippen LogP contribution in [-0.4, -0.2) is 13.4 Å². The zero-order chi connectivity index (χ0) is 17.0. The van der Waals surface area contributed by atoms with Gasteiger partial charge in [0.1, 0.15) is 6.61 Å². The van der Waals surface area contributed by atoms with Crippen molar-refractivity contribution >= 4 is 8.32 Å². The number of hydrogen-bond acceptors (Lipinski definition) is 5. The second-order valence-corrected chi connectivity index (χ2v) is 11.2. The van der Waals surface area contributed by atoms with Gasteiger partial charge in [-0.3, -0.25) is 0 Å². The number of furan rings is 1. The molecule has 6 nitrogen and oxygen atoms in total. The summed E-state index contributed by atoms with van der Waals surface area (Å²) in [5.41, 5.74) is 0.521. The normalized spacial score (nSPS) is 13.1. The molecular weight excluding hydrogens is 300 g/mol. The predicted octanol–water partition coefficient (Wildman–Crippen LogP) is 4.91. The molecule has 0 unspecified atom stereocenters. The quantitative estimate of drug-likeness (QED) is 0.348. The van der Waals surface area contributed by atoms with Gasteiger partial charge in [0.25, 0.3) is 8.32 Å². The summed E-state index contributed by atoms with van der Waals surface area (Å²) in [6.07, 6.45) is 2.99. The fourth-order valence-electron chi connectivity index (χ4n) is 1.32. The Morgan fingerprint density at radius 3 is 2.55 bits per heavy atom. The third-order valence-corrected chi connectivity index (χ3v) is 8.08. The fourth-order valence-corrected chi connectivity index (χ4v) is 2.34. The van der Waals surface area contributed by atoms with Crippen LogP contribution < -0.4 is 0 Å². The average molecular weight is 323 g/mol. The summed E-state index contributed by atoms with van der Waals surface area (Å²) >= 11 is 0. The highest BCUT2D eigenvalue weighted by Crippen LogP contribution is 2.38. The van der Waals surface area contributed by atoms with Crippen LogP contribution in [0.5, 0.6) is 0 Å². The predicted molar refractivity (Wildman–Crippen MR) is 85.7 cm³/mol. The van der Waals surface area contributed by atoms with Crippen LogP contribution in [0.15, 0.2) is 47.0 Å². The summed E-state index contributed by atoms with van der Waals surface area (Å²) in [6, 6.07) is 1.70. The van der Waals surface area contributed by atoms with Crippen LogP contribution in [0.4, 0.5) is 0 Å². The summed E-state index contributed by atoms with van der Waals surface area (Å²) in [5, 5.41) is 19.0. The molecule has 0 aliphatic heterocycles. The largest absolute Gasteiger partial charge is 0.538 e. The first kappa shape index (κ1) is 17.8. The van der Waals surface area contributed by atoms with E-state index in [1.54, 1.807) is 6.07 Å². The smallest absolute Gasteiger partial charge is 0.503 e. The lowest BCUT2D eigenvalue weighted by atomic mass is 10.2. The van der Waals surface area contributed by atoms with E-state index in [0.717, 1.165) is 5.56 Å². The van der Waals surface area contributed by atoms with Gasteiger partial charge in [0.2, 0.25) is 11.2 Å². The number of aliphatic hydroxyl groups is 1. The first-order chi connectivity index (χ1) is 10.1. The highest BCUT2D eigenvalue weighted by atomic mass is 28.4. The molecule has 120 valence electrons. The maximum atomic E-state index is 9.93. The van der Waals surface area contributed by atoms with E-state index in [-0.39, 0.29) is 23.1 Å². The Morgan fingerprint density at radius 2 is 2.09 bits per heavy atom. The summed E-state index contributed by atoms with van der Waals surface area (Å²) in [6.45, 7) is 14.1. The van der Waals surface area contributed by atoms with Crippen LogP contribution >= 0.6 is 0 Å². The van der Waals surface area contributed by atoms with Crippen LogP contribution in [0.2, 0.25) is 18.1 Å². The number of aliphatic hydroxyl groups excluding tert-OH is 1. The molecule has 0 aliphatic rings. The van der Waals surface area contributed by atoms with Gasteiger partial charge in [-0.05, 0) is 30.8 Å². The van der Waals surface area contributed by atoms with Crippen molar-refractivity contribution in [3.8, 4) is 0 Å². The summed E-state index contributed by atoms with van der Waals surface area (Å²) < 4.78 is 15.9. The fraction of sp³-hybridized carbons (Fsp3) is 0.467. The van der Waals surface area contributed by atoms with E-state index in [9.17, 15) is 5.11 Å². The van der Waals surface area contributed by atoms with Gasteiger partial charge in [0.05, 0.1) is 12.5 Å². The van der Waals surface area contributed by atoms with E-state index in [1.165, 1.54) is 12.5 Å². The minimum atomic E-state index is -2.16. The Balaban J connectivity index is 2.83. The first-order valence-electron chi connectivity index (χ1n) is 6.89. The number of rotatable bonds is 6. The van der Waals surface area contributed by atoms with Crippen molar-refractivity contribution in [3.05, 3.63) is 53.1 Å². The van der Waals surface area contributed by atoms with E-state index in [1.807, 2.05) is 13.1 Å². The first-order valence-corrected chi connectivity index (χ1v) is 9.80. The molecule has 0 bridgehead atoms. The van der Waals surface area contributed by atoms with Gasteiger partial charge in [0.15, 0.2) is 4.98 Å². The molecule has 0 spiro atoms. The zero-order valence-corrected chi connectivity index (χ0v) is 14.7. The van der Waals surface area contributed by atoms with Crippen LogP contribution in [-0.2, 0) is 15.8 Å². The Kier molecular flexibility index (Phi) is 5.44.